The zero-order valence-corrected chi connectivity index (χ0v) is 15.9. The van der Waals surface area contributed by atoms with Gasteiger partial charge in [0.05, 0.1) is 12.6 Å². The molecule has 0 spiro atoms. The third-order valence-electron chi connectivity index (χ3n) is 4.50. The summed E-state index contributed by atoms with van der Waals surface area (Å²) in [6, 6.07) is 16.9. The predicted octanol–water partition coefficient (Wildman–Crippen LogP) is 3.55. The summed E-state index contributed by atoms with van der Waals surface area (Å²) < 4.78 is 0. The van der Waals surface area contributed by atoms with Crippen molar-refractivity contribution in [3.8, 4) is 0 Å². The number of likely N-dealkylation sites (N-methyl/N-ethyl adjacent to an activating group) is 1. The van der Waals surface area contributed by atoms with Crippen molar-refractivity contribution in [2.45, 2.75) is 25.9 Å². The number of para-hydroxylation sites is 1. The van der Waals surface area contributed by atoms with Crippen LogP contribution in [0.3, 0.4) is 0 Å². The highest BCUT2D eigenvalue weighted by atomic mass is 16.2. The quantitative estimate of drug-likeness (QED) is 0.631. The van der Waals surface area contributed by atoms with Crippen molar-refractivity contribution in [3.05, 3.63) is 71.9 Å². The van der Waals surface area contributed by atoms with Gasteiger partial charge in [0, 0.05) is 28.7 Å². The number of H-pyrrole nitrogens is 1. The number of amides is 1. The van der Waals surface area contributed by atoms with Crippen LogP contribution >= 0.6 is 0 Å². The van der Waals surface area contributed by atoms with Gasteiger partial charge in [-0.25, -0.2) is 0 Å². The van der Waals surface area contributed by atoms with Crippen LogP contribution in [-0.2, 0) is 4.79 Å². The van der Waals surface area contributed by atoms with E-state index >= 15 is 0 Å². The van der Waals surface area contributed by atoms with Crippen LogP contribution in [0.5, 0.6) is 0 Å². The van der Waals surface area contributed by atoms with Gasteiger partial charge in [-0.3, -0.25) is 14.5 Å². The van der Waals surface area contributed by atoms with Crippen molar-refractivity contribution in [1.29, 1.82) is 0 Å². The lowest BCUT2D eigenvalue weighted by Gasteiger charge is -2.27. The van der Waals surface area contributed by atoms with Gasteiger partial charge in [0.2, 0.25) is 5.91 Å². The molecule has 1 aromatic heterocycles. The Hall–Kier alpha value is -2.92. The number of ketones is 1. The molecule has 0 radical (unpaired) electrons. The van der Waals surface area contributed by atoms with Crippen molar-refractivity contribution in [3.63, 3.8) is 0 Å². The average molecular weight is 363 g/mol. The van der Waals surface area contributed by atoms with E-state index in [1.165, 1.54) is 0 Å². The summed E-state index contributed by atoms with van der Waals surface area (Å²) in [5.74, 6) is -0.126. The molecule has 2 N–H and O–H groups in total. The molecular formula is C22H25N3O2. The highest BCUT2D eigenvalue weighted by Gasteiger charge is 2.29. The van der Waals surface area contributed by atoms with E-state index in [0.29, 0.717) is 5.56 Å². The minimum atomic E-state index is -0.539. The van der Waals surface area contributed by atoms with E-state index in [4.69, 9.17) is 0 Å². The largest absolute Gasteiger partial charge is 0.360 e. The van der Waals surface area contributed by atoms with E-state index in [9.17, 15) is 9.59 Å². The minimum Gasteiger partial charge on any atom is -0.360 e. The molecule has 3 rings (SSSR count). The summed E-state index contributed by atoms with van der Waals surface area (Å²) in [5, 5.41) is 3.78. The summed E-state index contributed by atoms with van der Waals surface area (Å²) in [6.45, 7) is 3.99. The number of hydrogen-bond donors (Lipinski definition) is 2. The van der Waals surface area contributed by atoms with Crippen LogP contribution in [0, 0.1) is 0 Å². The fraction of sp³-hybridized carbons (Fsp3) is 0.273. The maximum absolute atomic E-state index is 13.5. The first kappa shape index (κ1) is 18.9. The monoisotopic (exact) mass is 363 g/mol. The fourth-order valence-electron chi connectivity index (χ4n) is 3.35. The average Bonchev–Trinajstić information content (AvgIpc) is 3.06. The van der Waals surface area contributed by atoms with Crippen molar-refractivity contribution in [2.75, 3.05) is 13.6 Å². The van der Waals surface area contributed by atoms with Crippen molar-refractivity contribution < 1.29 is 9.59 Å². The summed E-state index contributed by atoms with van der Waals surface area (Å²) in [7, 11) is 1.81. The van der Waals surface area contributed by atoms with E-state index in [2.05, 4.69) is 10.3 Å². The van der Waals surface area contributed by atoms with Gasteiger partial charge in [0.15, 0.2) is 5.78 Å². The standard InChI is InChI=1S/C22H25N3O2/c1-15(2)24-20(26)14-25(3)21(16-9-5-4-6-10-16)22(27)18-13-23-19-12-8-7-11-17(18)19/h4-13,15,21,23H,14H2,1-3H3,(H,24,26). The molecule has 0 aliphatic rings. The summed E-state index contributed by atoms with van der Waals surface area (Å²) in [6.07, 6.45) is 1.75. The molecule has 0 bridgehead atoms. The van der Waals surface area contributed by atoms with E-state index in [1.54, 1.807) is 11.1 Å². The molecule has 1 unspecified atom stereocenters. The molecule has 1 amide bonds. The molecule has 1 atom stereocenters. The van der Waals surface area contributed by atoms with E-state index in [1.807, 2.05) is 75.5 Å². The summed E-state index contributed by atoms with van der Waals surface area (Å²) in [5.41, 5.74) is 2.43. The molecule has 1 heterocycles. The lowest BCUT2D eigenvalue weighted by molar-refractivity contribution is -0.122. The van der Waals surface area contributed by atoms with Crippen LogP contribution in [0.15, 0.2) is 60.8 Å². The number of benzene rings is 2. The fourth-order valence-corrected chi connectivity index (χ4v) is 3.35. The molecule has 5 heteroatoms. The second kappa shape index (κ2) is 8.18. The maximum Gasteiger partial charge on any atom is 0.234 e. The molecule has 0 saturated heterocycles. The predicted molar refractivity (Wildman–Crippen MR) is 108 cm³/mol. The van der Waals surface area contributed by atoms with Gasteiger partial charge in [-0.05, 0) is 32.5 Å². The lowest BCUT2D eigenvalue weighted by atomic mass is 9.96. The van der Waals surface area contributed by atoms with Crippen LogP contribution in [0.1, 0.15) is 35.8 Å². The van der Waals surface area contributed by atoms with Gasteiger partial charge in [-0.2, -0.15) is 0 Å². The Bertz CT molecular complexity index is 931. The van der Waals surface area contributed by atoms with E-state index in [-0.39, 0.29) is 24.3 Å². The third-order valence-corrected chi connectivity index (χ3v) is 4.50. The Labute approximate surface area is 159 Å². The molecular weight excluding hydrogens is 338 g/mol. The van der Waals surface area contributed by atoms with Gasteiger partial charge in [-0.1, -0.05) is 48.5 Å². The summed E-state index contributed by atoms with van der Waals surface area (Å²) >= 11 is 0. The topological polar surface area (TPSA) is 65.2 Å². The minimum absolute atomic E-state index is 0.0292. The second-order valence-electron chi connectivity index (χ2n) is 7.06. The highest BCUT2D eigenvalue weighted by Crippen LogP contribution is 2.28. The van der Waals surface area contributed by atoms with Crippen LogP contribution in [0.2, 0.25) is 0 Å². The number of Topliss-reactive ketones (excluding diaryl/α,β-unsaturated/α-hetero) is 1. The molecule has 2 aromatic carbocycles. The lowest BCUT2D eigenvalue weighted by Crippen LogP contribution is -2.41. The number of carbonyl (C=O) groups excluding carboxylic acids is 2. The van der Waals surface area contributed by atoms with Gasteiger partial charge in [0.25, 0.3) is 0 Å². The Kier molecular flexibility index (Phi) is 5.72. The number of fused-ring (bicyclic) bond motifs is 1. The van der Waals surface area contributed by atoms with Crippen LogP contribution in [0.25, 0.3) is 10.9 Å². The number of aromatic amines is 1. The van der Waals surface area contributed by atoms with Crippen LogP contribution < -0.4 is 5.32 Å². The van der Waals surface area contributed by atoms with Gasteiger partial charge >= 0.3 is 0 Å². The van der Waals surface area contributed by atoms with Crippen molar-refractivity contribution >= 4 is 22.6 Å². The first-order valence-corrected chi connectivity index (χ1v) is 9.12. The number of aromatic nitrogens is 1. The van der Waals surface area contributed by atoms with E-state index in [0.717, 1.165) is 16.5 Å². The molecule has 3 aromatic rings. The van der Waals surface area contributed by atoms with Crippen LogP contribution in [0.4, 0.5) is 0 Å². The number of nitrogens with zero attached hydrogens (tertiary/aromatic N) is 1. The smallest absolute Gasteiger partial charge is 0.234 e. The molecule has 140 valence electrons. The van der Waals surface area contributed by atoms with Crippen LogP contribution in [-0.4, -0.2) is 41.2 Å². The molecule has 0 aliphatic carbocycles. The molecule has 27 heavy (non-hydrogen) atoms. The first-order chi connectivity index (χ1) is 13.0. The Morgan fingerprint density at radius 1 is 1.04 bits per heavy atom. The molecule has 5 nitrogen and oxygen atoms in total. The van der Waals surface area contributed by atoms with Gasteiger partial charge in [0.1, 0.15) is 0 Å². The van der Waals surface area contributed by atoms with E-state index < -0.39 is 6.04 Å². The number of rotatable bonds is 7. The maximum atomic E-state index is 13.5. The highest BCUT2D eigenvalue weighted by molar-refractivity contribution is 6.10. The van der Waals surface area contributed by atoms with Crippen molar-refractivity contribution in [1.82, 2.24) is 15.2 Å². The van der Waals surface area contributed by atoms with Gasteiger partial charge in [-0.15, -0.1) is 0 Å². The zero-order valence-electron chi connectivity index (χ0n) is 15.9. The Morgan fingerprint density at radius 3 is 2.41 bits per heavy atom. The number of hydrogen-bond acceptors (Lipinski definition) is 3. The Balaban J connectivity index is 1.95. The normalized spacial score (nSPS) is 12.5. The first-order valence-electron chi connectivity index (χ1n) is 9.12. The SMILES string of the molecule is CC(C)NC(=O)CN(C)C(C(=O)c1c[nH]c2ccccc12)c1ccccc1. The number of carbonyl (C=O) groups is 2. The Morgan fingerprint density at radius 2 is 1.70 bits per heavy atom. The number of nitrogens with one attached hydrogen (secondary N) is 2. The van der Waals surface area contributed by atoms with Crippen molar-refractivity contribution in [2.24, 2.45) is 0 Å². The molecule has 0 saturated carbocycles. The van der Waals surface area contributed by atoms with Gasteiger partial charge < -0.3 is 10.3 Å². The third kappa shape index (κ3) is 4.26. The summed E-state index contributed by atoms with van der Waals surface area (Å²) in [4.78, 5) is 30.7. The molecule has 0 fully saturated rings. The molecule has 0 aliphatic heterocycles. The zero-order chi connectivity index (χ0) is 19.4. The second-order valence-corrected chi connectivity index (χ2v) is 7.06.